The van der Waals surface area contributed by atoms with E-state index < -0.39 is 0 Å². The highest BCUT2D eigenvalue weighted by Gasteiger charge is 2.10. The highest BCUT2D eigenvalue weighted by molar-refractivity contribution is 5.76. The summed E-state index contributed by atoms with van der Waals surface area (Å²) in [6.07, 6.45) is 1.12. The Morgan fingerprint density at radius 3 is 2.77 bits per heavy atom. The highest BCUT2D eigenvalue weighted by atomic mass is 16.5. The zero-order valence-electron chi connectivity index (χ0n) is 14.9. The molecule has 0 bridgehead atoms. The number of rotatable bonds is 7. The molecule has 0 saturated carbocycles. The number of amides is 1. The molecule has 0 fully saturated rings. The molecule has 0 aliphatic rings. The van der Waals surface area contributed by atoms with Crippen molar-refractivity contribution in [3.63, 3.8) is 0 Å². The molecule has 2 aromatic carbocycles. The second-order valence-corrected chi connectivity index (χ2v) is 6.01. The Morgan fingerprint density at radius 1 is 1.19 bits per heavy atom. The van der Waals surface area contributed by atoms with Gasteiger partial charge in [0.1, 0.15) is 5.75 Å². The number of hydrogen-bond acceptors (Lipinski definition) is 5. The van der Waals surface area contributed by atoms with Crippen LogP contribution in [0.4, 0.5) is 0 Å². The average molecular weight is 351 g/mol. The minimum Gasteiger partial charge on any atom is -0.497 e. The number of aromatic nitrogens is 2. The third-order valence-corrected chi connectivity index (χ3v) is 3.99. The Kier molecular flexibility index (Phi) is 5.63. The second-order valence-electron chi connectivity index (χ2n) is 6.01. The standard InChI is InChI=1S/C20H21N3O3/c1-14-6-8-15(9-7-14)10-11-18(24)21-13-19-22-20(23-26-19)16-4-3-5-17(12-16)25-2/h3-9,12H,10-11,13H2,1-2H3,(H,21,24). The summed E-state index contributed by atoms with van der Waals surface area (Å²) in [6.45, 7) is 2.25. The molecule has 3 rings (SSSR count). The van der Waals surface area contributed by atoms with Crippen LogP contribution in [0.2, 0.25) is 0 Å². The van der Waals surface area contributed by atoms with Gasteiger partial charge < -0.3 is 14.6 Å². The number of aryl methyl sites for hydroxylation is 2. The van der Waals surface area contributed by atoms with Gasteiger partial charge >= 0.3 is 0 Å². The number of methoxy groups -OCH3 is 1. The zero-order chi connectivity index (χ0) is 18.4. The lowest BCUT2D eigenvalue weighted by Crippen LogP contribution is -2.23. The van der Waals surface area contributed by atoms with Crippen LogP contribution in [0.3, 0.4) is 0 Å². The maximum Gasteiger partial charge on any atom is 0.246 e. The summed E-state index contributed by atoms with van der Waals surface area (Å²) < 4.78 is 10.4. The van der Waals surface area contributed by atoms with Crippen molar-refractivity contribution in [1.82, 2.24) is 15.5 Å². The normalized spacial score (nSPS) is 10.5. The lowest BCUT2D eigenvalue weighted by Gasteiger charge is -2.03. The van der Waals surface area contributed by atoms with E-state index in [4.69, 9.17) is 9.26 Å². The SMILES string of the molecule is COc1cccc(-c2noc(CNC(=O)CCc3ccc(C)cc3)n2)c1. The molecule has 1 aromatic heterocycles. The van der Waals surface area contributed by atoms with E-state index in [0.717, 1.165) is 16.9 Å². The van der Waals surface area contributed by atoms with Gasteiger partial charge in [-0.05, 0) is 31.0 Å². The van der Waals surface area contributed by atoms with Crippen molar-refractivity contribution in [3.05, 3.63) is 65.5 Å². The van der Waals surface area contributed by atoms with Crippen LogP contribution in [-0.4, -0.2) is 23.2 Å². The number of carbonyl (C=O) groups excluding carboxylic acids is 1. The van der Waals surface area contributed by atoms with Crippen molar-refractivity contribution < 1.29 is 14.1 Å². The van der Waals surface area contributed by atoms with Crippen molar-refractivity contribution in [2.45, 2.75) is 26.3 Å². The first-order chi connectivity index (χ1) is 12.6. The van der Waals surface area contributed by atoms with Crippen LogP contribution in [0.15, 0.2) is 53.1 Å². The number of benzene rings is 2. The minimum atomic E-state index is -0.0493. The first-order valence-electron chi connectivity index (χ1n) is 8.43. The average Bonchev–Trinajstić information content (AvgIpc) is 3.15. The molecular weight excluding hydrogens is 330 g/mol. The summed E-state index contributed by atoms with van der Waals surface area (Å²) in [7, 11) is 1.60. The van der Waals surface area contributed by atoms with E-state index in [2.05, 4.69) is 15.5 Å². The van der Waals surface area contributed by atoms with E-state index in [9.17, 15) is 4.79 Å². The van der Waals surface area contributed by atoms with E-state index in [0.29, 0.717) is 24.6 Å². The van der Waals surface area contributed by atoms with Crippen LogP contribution in [-0.2, 0) is 17.8 Å². The van der Waals surface area contributed by atoms with Gasteiger partial charge in [0.2, 0.25) is 17.6 Å². The molecule has 3 aromatic rings. The molecule has 6 nitrogen and oxygen atoms in total. The first-order valence-corrected chi connectivity index (χ1v) is 8.43. The van der Waals surface area contributed by atoms with E-state index in [1.54, 1.807) is 7.11 Å². The molecule has 1 N–H and O–H groups in total. The Morgan fingerprint density at radius 2 is 2.00 bits per heavy atom. The van der Waals surface area contributed by atoms with Crippen LogP contribution in [0.1, 0.15) is 23.4 Å². The van der Waals surface area contributed by atoms with Crippen LogP contribution in [0.25, 0.3) is 11.4 Å². The molecule has 0 radical (unpaired) electrons. The third kappa shape index (κ3) is 4.69. The largest absolute Gasteiger partial charge is 0.497 e. The number of hydrogen-bond donors (Lipinski definition) is 1. The Hall–Kier alpha value is -3.15. The molecule has 0 aliphatic carbocycles. The van der Waals surface area contributed by atoms with Crippen LogP contribution < -0.4 is 10.1 Å². The summed E-state index contributed by atoms with van der Waals surface area (Å²) in [4.78, 5) is 16.3. The molecule has 6 heteroatoms. The molecule has 1 heterocycles. The van der Waals surface area contributed by atoms with Gasteiger partial charge in [0, 0.05) is 12.0 Å². The topological polar surface area (TPSA) is 77.3 Å². The molecule has 26 heavy (non-hydrogen) atoms. The van der Waals surface area contributed by atoms with Gasteiger partial charge in [0.15, 0.2) is 0 Å². The number of ether oxygens (including phenoxy) is 1. The summed E-state index contributed by atoms with van der Waals surface area (Å²) in [5, 5.41) is 6.76. The second kappa shape index (κ2) is 8.29. The quantitative estimate of drug-likeness (QED) is 0.707. The number of nitrogens with one attached hydrogen (secondary N) is 1. The summed E-state index contributed by atoms with van der Waals surface area (Å²) in [5.41, 5.74) is 3.15. The summed E-state index contributed by atoms with van der Waals surface area (Å²) >= 11 is 0. The van der Waals surface area contributed by atoms with Gasteiger partial charge in [0.25, 0.3) is 0 Å². The lowest BCUT2D eigenvalue weighted by molar-refractivity contribution is -0.121. The van der Waals surface area contributed by atoms with Crippen molar-refractivity contribution in [3.8, 4) is 17.1 Å². The number of carbonyl (C=O) groups is 1. The maximum absolute atomic E-state index is 12.0. The van der Waals surface area contributed by atoms with Gasteiger partial charge in [-0.15, -0.1) is 0 Å². The Balaban J connectivity index is 1.51. The molecule has 1 amide bonds. The predicted octanol–water partition coefficient (Wildman–Crippen LogP) is 3.30. The zero-order valence-corrected chi connectivity index (χ0v) is 14.9. The molecule has 0 spiro atoms. The van der Waals surface area contributed by atoms with E-state index >= 15 is 0 Å². The molecule has 0 unspecified atom stereocenters. The van der Waals surface area contributed by atoms with Gasteiger partial charge in [-0.2, -0.15) is 4.98 Å². The van der Waals surface area contributed by atoms with E-state index in [1.165, 1.54) is 5.56 Å². The van der Waals surface area contributed by atoms with Crippen LogP contribution >= 0.6 is 0 Å². The van der Waals surface area contributed by atoms with Crippen molar-refractivity contribution in [2.24, 2.45) is 0 Å². The highest BCUT2D eigenvalue weighted by Crippen LogP contribution is 2.21. The molecule has 134 valence electrons. The monoisotopic (exact) mass is 351 g/mol. The van der Waals surface area contributed by atoms with Gasteiger partial charge in [-0.25, -0.2) is 0 Å². The maximum atomic E-state index is 12.0. The fraction of sp³-hybridized carbons (Fsp3) is 0.250. The smallest absolute Gasteiger partial charge is 0.246 e. The predicted molar refractivity (Wildman–Crippen MR) is 97.6 cm³/mol. The van der Waals surface area contributed by atoms with Gasteiger partial charge in [-0.3, -0.25) is 4.79 Å². The Bertz CT molecular complexity index is 872. The summed E-state index contributed by atoms with van der Waals surface area (Å²) in [5.74, 6) is 1.50. The van der Waals surface area contributed by atoms with Crippen LogP contribution in [0, 0.1) is 6.92 Å². The molecule has 0 atom stereocenters. The van der Waals surface area contributed by atoms with Crippen molar-refractivity contribution in [1.29, 1.82) is 0 Å². The first kappa shape index (κ1) is 17.7. The van der Waals surface area contributed by atoms with E-state index in [1.807, 2.05) is 55.5 Å². The van der Waals surface area contributed by atoms with Crippen LogP contribution in [0.5, 0.6) is 5.75 Å². The van der Waals surface area contributed by atoms with Crippen molar-refractivity contribution in [2.75, 3.05) is 7.11 Å². The fourth-order valence-electron chi connectivity index (χ4n) is 2.48. The van der Waals surface area contributed by atoms with Gasteiger partial charge in [0.05, 0.1) is 13.7 Å². The van der Waals surface area contributed by atoms with Crippen molar-refractivity contribution >= 4 is 5.91 Å². The van der Waals surface area contributed by atoms with E-state index in [-0.39, 0.29) is 12.5 Å². The molecule has 0 saturated heterocycles. The third-order valence-electron chi connectivity index (χ3n) is 3.99. The fourth-order valence-corrected chi connectivity index (χ4v) is 2.48. The lowest BCUT2D eigenvalue weighted by atomic mass is 10.1. The molecular formula is C20H21N3O3. The number of nitrogens with zero attached hydrogens (tertiary/aromatic N) is 2. The summed E-state index contributed by atoms with van der Waals surface area (Å²) in [6, 6.07) is 15.6. The Labute approximate surface area is 152 Å². The molecule has 0 aliphatic heterocycles. The van der Waals surface area contributed by atoms with Gasteiger partial charge in [-0.1, -0.05) is 47.1 Å². The minimum absolute atomic E-state index is 0.0493.